The smallest absolute Gasteiger partial charge is 0.306 e. The van der Waals surface area contributed by atoms with Crippen LogP contribution in [0.1, 0.15) is 32.9 Å². The Labute approximate surface area is 113 Å². The zero-order chi connectivity index (χ0) is 14.5. The van der Waals surface area contributed by atoms with E-state index in [1.165, 1.54) is 0 Å². The molecule has 1 N–H and O–H groups in total. The van der Waals surface area contributed by atoms with Crippen LogP contribution in [-0.4, -0.2) is 21.7 Å². The first-order valence-electron chi connectivity index (χ1n) is 6.27. The van der Waals surface area contributed by atoms with E-state index >= 15 is 0 Å². The summed E-state index contributed by atoms with van der Waals surface area (Å²) >= 11 is 0. The number of ether oxygens (including phenoxy) is 1. The lowest BCUT2D eigenvalue weighted by atomic mass is 10.2. The minimum absolute atomic E-state index is 0.0896. The lowest BCUT2D eigenvalue weighted by Crippen LogP contribution is -2.24. The van der Waals surface area contributed by atoms with Crippen molar-refractivity contribution in [2.75, 3.05) is 0 Å². The van der Waals surface area contributed by atoms with E-state index in [2.05, 4.69) is 4.98 Å². The molecule has 1 aromatic heterocycles. The quantitative estimate of drug-likeness (QED) is 0.642. The van der Waals surface area contributed by atoms with Crippen LogP contribution in [0.2, 0.25) is 0 Å². The molecule has 0 fully saturated rings. The fourth-order valence-corrected chi connectivity index (χ4v) is 3.76. The molecule has 1 aromatic rings. The molecule has 0 aliphatic rings. The number of carbonyl (C=O) groups excluding carboxylic acids is 1. The maximum absolute atomic E-state index is 12.4. The van der Waals surface area contributed by atoms with Crippen molar-refractivity contribution < 1.29 is 19.0 Å². The third-order valence-corrected chi connectivity index (χ3v) is 4.90. The van der Waals surface area contributed by atoms with Gasteiger partial charge in [-0.2, -0.15) is 0 Å². The van der Waals surface area contributed by atoms with Crippen LogP contribution in [-0.2, 0) is 20.3 Å². The molecule has 0 saturated carbocycles. The standard InChI is InChI=1S/C13H20NO4P/c1-4-12(15)18-13(10(2)3)19(16,17)9-11-7-5-6-8-14-11/h5-8,10,13H,4,9H2,1-3H3,(H,16,17). The van der Waals surface area contributed by atoms with Gasteiger partial charge in [0.15, 0.2) is 5.85 Å². The number of aromatic nitrogens is 1. The second kappa shape index (κ2) is 6.83. The number of hydrogen-bond donors (Lipinski definition) is 1. The van der Waals surface area contributed by atoms with Crippen molar-refractivity contribution in [1.82, 2.24) is 4.98 Å². The maximum atomic E-state index is 12.4. The normalized spacial score (nSPS) is 15.8. The Morgan fingerprint density at radius 2 is 2.16 bits per heavy atom. The van der Waals surface area contributed by atoms with E-state index in [1.54, 1.807) is 45.2 Å². The Balaban J connectivity index is 2.87. The first kappa shape index (κ1) is 15.9. The molecule has 106 valence electrons. The number of hydrogen-bond acceptors (Lipinski definition) is 4. The number of rotatable bonds is 6. The molecule has 5 nitrogen and oxygen atoms in total. The van der Waals surface area contributed by atoms with Crippen LogP contribution >= 0.6 is 7.37 Å². The lowest BCUT2D eigenvalue weighted by molar-refractivity contribution is -0.147. The van der Waals surface area contributed by atoms with Crippen LogP contribution in [0, 0.1) is 5.92 Å². The van der Waals surface area contributed by atoms with Crippen molar-refractivity contribution in [3.8, 4) is 0 Å². The predicted octanol–water partition coefficient (Wildman–Crippen LogP) is 2.79. The van der Waals surface area contributed by atoms with E-state index in [4.69, 9.17) is 4.74 Å². The largest absolute Gasteiger partial charge is 0.452 e. The molecule has 0 saturated heterocycles. The van der Waals surface area contributed by atoms with E-state index in [9.17, 15) is 14.3 Å². The van der Waals surface area contributed by atoms with E-state index in [0.717, 1.165) is 0 Å². The van der Waals surface area contributed by atoms with Crippen LogP contribution < -0.4 is 0 Å². The Kier molecular flexibility index (Phi) is 5.70. The monoisotopic (exact) mass is 285 g/mol. The van der Waals surface area contributed by atoms with Gasteiger partial charge in [0, 0.05) is 12.6 Å². The highest BCUT2D eigenvalue weighted by Crippen LogP contribution is 2.52. The van der Waals surface area contributed by atoms with Crippen molar-refractivity contribution in [2.24, 2.45) is 5.92 Å². The fraction of sp³-hybridized carbons (Fsp3) is 0.538. The molecule has 1 rings (SSSR count). The third-order valence-electron chi connectivity index (χ3n) is 2.62. The molecule has 0 aromatic carbocycles. The number of pyridine rings is 1. The highest BCUT2D eigenvalue weighted by atomic mass is 31.2. The molecule has 0 amide bonds. The van der Waals surface area contributed by atoms with Crippen molar-refractivity contribution in [1.29, 1.82) is 0 Å². The molecular weight excluding hydrogens is 265 g/mol. The Hall–Kier alpha value is -1.19. The van der Waals surface area contributed by atoms with Crippen molar-refractivity contribution in [3.05, 3.63) is 30.1 Å². The molecule has 19 heavy (non-hydrogen) atoms. The Morgan fingerprint density at radius 1 is 1.47 bits per heavy atom. The van der Waals surface area contributed by atoms with Crippen LogP contribution in [0.25, 0.3) is 0 Å². The van der Waals surface area contributed by atoms with Gasteiger partial charge in [0.25, 0.3) is 0 Å². The van der Waals surface area contributed by atoms with Crippen molar-refractivity contribution in [3.63, 3.8) is 0 Å². The summed E-state index contributed by atoms with van der Waals surface area (Å²) in [6, 6.07) is 5.18. The third kappa shape index (κ3) is 4.77. The summed E-state index contributed by atoms with van der Waals surface area (Å²) < 4.78 is 17.5. The molecule has 2 unspecified atom stereocenters. The second-order valence-corrected chi connectivity index (χ2v) is 7.05. The fourth-order valence-electron chi connectivity index (χ4n) is 1.72. The Morgan fingerprint density at radius 3 is 2.63 bits per heavy atom. The zero-order valence-corrected chi connectivity index (χ0v) is 12.3. The number of nitrogens with zero attached hydrogens (tertiary/aromatic N) is 1. The van der Waals surface area contributed by atoms with Crippen LogP contribution in [0.15, 0.2) is 24.4 Å². The molecule has 0 spiro atoms. The van der Waals surface area contributed by atoms with Gasteiger partial charge in [-0.3, -0.25) is 14.3 Å². The highest BCUT2D eigenvalue weighted by molar-refractivity contribution is 7.57. The molecule has 1 heterocycles. The second-order valence-electron chi connectivity index (χ2n) is 4.71. The van der Waals surface area contributed by atoms with Gasteiger partial charge in [-0.25, -0.2) is 0 Å². The predicted molar refractivity (Wildman–Crippen MR) is 72.8 cm³/mol. The van der Waals surface area contributed by atoms with Gasteiger partial charge in [0.2, 0.25) is 7.37 Å². The minimum Gasteiger partial charge on any atom is -0.452 e. The van der Waals surface area contributed by atoms with E-state index in [0.29, 0.717) is 5.69 Å². The molecular formula is C13H20NO4P. The van der Waals surface area contributed by atoms with E-state index < -0.39 is 19.2 Å². The number of esters is 1. The van der Waals surface area contributed by atoms with Crippen LogP contribution in [0.3, 0.4) is 0 Å². The SMILES string of the molecule is CCC(=O)OC(C(C)C)P(=O)(O)Cc1ccccn1. The lowest BCUT2D eigenvalue weighted by Gasteiger charge is -2.26. The summed E-state index contributed by atoms with van der Waals surface area (Å²) in [5.41, 5.74) is 0.520. The van der Waals surface area contributed by atoms with Gasteiger partial charge < -0.3 is 9.63 Å². The molecule has 0 aliphatic carbocycles. The summed E-state index contributed by atoms with van der Waals surface area (Å²) in [7, 11) is -3.65. The molecule has 0 bridgehead atoms. The maximum Gasteiger partial charge on any atom is 0.306 e. The molecule has 0 radical (unpaired) electrons. The summed E-state index contributed by atoms with van der Waals surface area (Å²) in [5.74, 6) is -1.68. The van der Waals surface area contributed by atoms with E-state index in [1.807, 2.05) is 0 Å². The van der Waals surface area contributed by atoms with Gasteiger partial charge >= 0.3 is 5.97 Å². The van der Waals surface area contributed by atoms with Crippen LogP contribution in [0.4, 0.5) is 0 Å². The van der Waals surface area contributed by atoms with Gasteiger partial charge in [0.1, 0.15) is 0 Å². The molecule has 2 atom stereocenters. The van der Waals surface area contributed by atoms with Crippen molar-refractivity contribution >= 4 is 13.3 Å². The minimum atomic E-state index is -3.65. The van der Waals surface area contributed by atoms with Crippen molar-refractivity contribution in [2.45, 2.75) is 39.2 Å². The van der Waals surface area contributed by atoms with Crippen LogP contribution in [0.5, 0.6) is 0 Å². The topological polar surface area (TPSA) is 76.5 Å². The Bertz CT molecular complexity index is 461. The van der Waals surface area contributed by atoms with Gasteiger partial charge in [0.05, 0.1) is 11.9 Å². The summed E-state index contributed by atoms with van der Waals surface area (Å²) in [4.78, 5) is 25.6. The van der Waals surface area contributed by atoms with E-state index in [-0.39, 0.29) is 18.5 Å². The molecule has 0 aliphatic heterocycles. The summed E-state index contributed by atoms with van der Waals surface area (Å²) in [6.45, 7) is 5.17. The zero-order valence-electron chi connectivity index (χ0n) is 11.4. The first-order chi connectivity index (χ1) is 8.86. The average Bonchev–Trinajstić information content (AvgIpc) is 2.35. The molecule has 6 heteroatoms. The first-order valence-corrected chi connectivity index (χ1v) is 8.19. The van der Waals surface area contributed by atoms with Gasteiger partial charge in [-0.05, 0) is 18.1 Å². The summed E-state index contributed by atoms with van der Waals surface area (Å²) in [5, 5.41) is 0. The van der Waals surface area contributed by atoms with Gasteiger partial charge in [-0.1, -0.05) is 26.8 Å². The van der Waals surface area contributed by atoms with Gasteiger partial charge in [-0.15, -0.1) is 0 Å². The highest BCUT2D eigenvalue weighted by Gasteiger charge is 2.37. The average molecular weight is 285 g/mol. The summed E-state index contributed by atoms with van der Waals surface area (Å²) in [6.07, 6.45) is 1.66. The number of carbonyl (C=O) groups is 1.